The Kier molecular flexibility index (Phi) is 5.29. The zero-order valence-corrected chi connectivity index (χ0v) is 9.96. The Morgan fingerprint density at radius 1 is 1.54 bits per heavy atom. The summed E-state index contributed by atoms with van der Waals surface area (Å²) in [5.74, 6) is 0.803. The summed E-state index contributed by atoms with van der Waals surface area (Å²) >= 11 is 3.46. The van der Waals surface area contributed by atoms with Gasteiger partial charge in [-0.1, -0.05) is 22.9 Å². The highest BCUT2D eigenvalue weighted by Gasteiger charge is 2.19. The maximum absolute atomic E-state index is 9.32. The molecule has 0 saturated carbocycles. The molecule has 13 heavy (non-hydrogen) atoms. The van der Waals surface area contributed by atoms with E-state index < -0.39 is 0 Å². The van der Waals surface area contributed by atoms with Crippen LogP contribution in [0.15, 0.2) is 0 Å². The number of β-amino-alcohol motifs (C(OH)–C–C–N with tert-alkyl or cyclic N) is 1. The van der Waals surface area contributed by atoms with E-state index in [0.717, 1.165) is 37.3 Å². The lowest BCUT2D eigenvalue weighted by atomic mass is 10.1. The molecular formula is C10H20BrNO. The van der Waals surface area contributed by atoms with Gasteiger partial charge < -0.3 is 10.0 Å². The third-order valence-electron chi connectivity index (χ3n) is 2.79. The number of hydrogen-bond donors (Lipinski definition) is 1. The molecule has 1 rings (SSSR count). The first kappa shape index (κ1) is 11.5. The molecule has 0 radical (unpaired) electrons. The second-order valence-corrected chi connectivity index (χ2v) is 4.91. The van der Waals surface area contributed by atoms with Crippen molar-refractivity contribution >= 4 is 15.9 Å². The van der Waals surface area contributed by atoms with E-state index in [9.17, 15) is 5.11 Å². The minimum atomic E-state index is -0.0634. The third-order valence-corrected chi connectivity index (χ3v) is 3.25. The summed E-state index contributed by atoms with van der Waals surface area (Å²) in [4.78, 5) is 2.37. The summed E-state index contributed by atoms with van der Waals surface area (Å²) in [6.07, 6.45) is 3.42. The zero-order valence-electron chi connectivity index (χ0n) is 8.38. The summed E-state index contributed by atoms with van der Waals surface area (Å²) in [5.41, 5.74) is 0. The van der Waals surface area contributed by atoms with E-state index in [0.29, 0.717) is 0 Å². The number of aliphatic hydroxyl groups is 1. The van der Waals surface area contributed by atoms with Crippen molar-refractivity contribution in [2.24, 2.45) is 5.92 Å². The van der Waals surface area contributed by atoms with Crippen LogP contribution in [0.5, 0.6) is 0 Å². The molecule has 1 N–H and O–H groups in total. The minimum Gasteiger partial charge on any atom is -0.392 e. The van der Waals surface area contributed by atoms with Gasteiger partial charge in [-0.15, -0.1) is 0 Å². The van der Waals surface area contributed by atoms with Gasteiger partial charge in [0.15, 0.2) is 0 Å². The van der Waals surface area contributed by atoms with Crippen LogP contribution in [0, 0.1) is 5.92 Å². The lowest BCUT2D eigenvalue weighted by Gasteiger charge is -2.17. The highest BCUT2D eigenvalue weighted by atomic mass is 79.9. The summed E-state index contributed by atoms with van der Waals surface area (Å²) in [7, 11) is 0. The van der Waals surface area contributed by atoms with E-state index in [1.54, 1.807) is 0 Å². The van der Waals surface area contributed by atoms with Crippen LogP contribution in [-0.2, 0) is 0 Å². The van der Waals surface area contributed by atoms with E-state index >= 15 is 0 Å². The van der Waals surface area contributed by atoms with Crippen LogP contribution in [-0.4, -0.2) is 41.1 Å². The van der Waals surface area contributed by atoms with Crippen molar-refractivity contribution in [1.29, 1.82) is 0 Å². The molecule has 0 bridgehead atoms. The first-order valence-corrected chi connectivity index (χ1v) is 6.31. The van der Waals surface area contributed by atoms with E-state index in [-0.39, 0.29) is 6.10 Å². The fraction of sp³-hybridized carbons (Fsp3) is 1.00. The van der Waals surface area contributed by atoms with Gasteiger partial charge in [0, 0.05) is 18.4 Å². The van der Waals surface area contributed by atoms with Gasteiger partial charge in [0.2, 0.25) is 0 Å². The van der Waals surface area contributed by atoms with Gasteiger partial charge in [-0.2, -0.15) is 0 Å². The topological polar surface area (TPSA) is 23.5 Å². The summed E-state index contributed by atoms with van der Waals surface area (Å²) in [6, 6.07) is 0. The van der Waals surface area contributed by atoms with E-state index in [1.807, 2.05) is 0 Å². The second kappa shape index (κ2) is 5.99. The monoisotopic (exact) mass is 249 g/mol. The first-order valence-electron chi connectivity index (χ1n) is 5.18. The molecule has 0 aromatic rings. The van der Waals surface area contributed by atoms with Crippen LogP contribution in [0.4, 0.5) is 0 Å². The molecule has 0 aromatic heterocycles. The van der Waals surface area contributed by atoms with Crippen LogP contribution in [0.25, 0.3) is 0 Å². The van der Waals surface area contributed by atoms with Gasteiger partial charge >= 0.3 is 0 Å². The van der Waals surface area contributed by atoms with Crippen LogP contribution < -0.4 is 0 Å². The average molecular weight is 250 g/mol. The Morgan fingerprint density at radius 2 is 2.31 bits per heavy atom. The molecule has 0 spiro atoms. The summed E-state index contributed by atoms with van der Waals surface area (Å²) in [6.45, 7) is 5.43. The molecule has 78 valence electrons. The van der Waals surface area contributed by atoms with E-state index in [1.165, 1.54) is 12.8 Å². The second-order valence-electron chi connectivity index (χ2n) is 4.11. The fourth-order valence-electron chi connectivity index (χ4n) is 1.75. The number of aliphatic hydroxyl groups excluding tert-OH is 1. The number of halogens is 1. The van der Waals surface area contributed by atoms with Gasteiger partial charge in [0.05, 0.1) is 6.10 Å². The lowest BCUT2D eigenvalue weighted by Crippen LogP contribution is -2.24. The maximum Gasteiger partial charge on any atom is 0.0679 e. The number of alkyl halides is 1. The fourth-order valence-corrected chi connectivity index (χ4v) is 2.53. The number of rotatable bonds is 5. The predicted octanol–water partition coefficient (Wildman–Crippen LogP) is 1.86. The highest BCUT2D eigenvalue weighted by molar-refractivity contribution is 9.09. The number of hydrogen-bond acceptors (Lipinski definition) is 2. The highest BCUT2D eigenvalue weighted by Crippen LogP contribution is 2.14. The Bertz CT molecular complexity index is 143. The quantitative estimate of drug-likeness (QED) is 0.753. The molecule has 1 saturated heterocycles. The minimum absolute atomic E-state index is 0.0634. The van der Waals surface area contributed by atoms with E-state index in [4.69, 9.17) is 0 Å². The van der Waals surface area contributed by atoms with Crippen molar-refractivity contribution in [3.63, 3.8) is 0 Å². The molecule has 0 aliphatic carbocycles. The number of likely N-dealkylation sites (tertiary alicyclic amines) is 1. The van der Waals surface area contributed by atoms with Crippen LogP contribution in [0.3, 0.4) is 0 Å². The van der Waals surface area contributed by atoms with Crippen LogP contribution in [0.2, 0.25) is 0 Å². The van der Waals surface area contributed by atoms with Crippen molar-refractivity contribution in [3.8, 4) is 0 Å². The number of nitrogens with zero attached hydrogens (tertiary/aromatic N) is 1. The normalized spacial score (nSPS) is 26.5. The molecule has 2 atom stereocenters. The Labute approximate surface area is 89.4 Å². The smallest absolute Gasteiger partial charge is 0.0679 e. The molecule has 2 nitrogen and oxygen atoms in total. The molecule has 3 heteroatoms. The van der Waals surface area contributed by atoms with Crippen molar-refractivity contribution < 1.29 is 5.11 Å². The predicted molar refractivity (Wildman–Crippen MR) is 59.3 cm³/mol. The van der Waals surface area contributed by atoms with Crippen LogP contribution in [0.1, 0.15) is 26.2 Å². The molecule has 1 fully saturated rings. The van der Waals surface area contributed by atoms with Gasteiger partial charge in [-0.3, -0.25) is 0 Å². The lowest BCUT2D eigenvalue weighted by molar-refractivity contribution is 0.174. The van der Waals surface area contributed by atoms with Crippen LogP contribution >= 0.6 is 15.9 Å². The first-order chi connectivity index (χ1) is 6.22. The molecular weight excluding hydrogens is 230 g/mol. The summed E-state index contributed by atoms with van der Waals surface area (Å²) in [5, 5.41) is 10.4. The SMILES string of the molecule is CC(CCBr)CCN1CCC(O)C1. The average Bonchev–Trinajstić information content (AvgIpc) is 2.49. The molecule has 0 aromatic carbocycles. The molecule has 1 aliphatic heterocycles. The van der Waals surface area contributed by atoms with Gasteiger partial charge in [-0.25, -0.2) is 0 Å². The maximum atomic E-state index is 9.32. The zero-order chi connectivity index (χ0) is 9.68. The van der Waals surface area contributed by atoms with Crippen molar-refractivity contribution in [3.05, 3.63) is 0 Å². The van der Waals surface area contributed by atoms with Gasteiger partial charge in [-0.05, 0) is 31.7 Å². The molecule has 1 aliphatic rings. The Morgan fingerprint density at radius 3 is 2.85 bits per heavy atom. The standard InChI is InChI=1S/C10H20BrNO/c1-9(2-5-11)3-6-12-7-4-10(13)8-12/h9-10,13H,2-8H2,1H3. The molecule has 2 unspecified atom stereocenters. The van der Waals surface area contributed by atoms with Crippen molar-refractivity contribution in [1.82, 2.24) is 4.90 Å². The van der Waals surface area contributed by atoms with Crippen molar-refractivity contribution in [2.75, 3.05) is 25.0 Å². The van der Waals surface area contributed by atoms with Crippen molar-refractivity contribution in [2.45, 2.75) is 32.3 Å². The largest absolute Gasteiger partial charge is 0.392 e. The van der Waals surface area contributed by atoms with Gasteiger partial charge in [0.25, 0.3) is 0 Å². The molecule has 1 heterocycles. The summed E-state index contributed by atoms with van der Waals surface area (Å²) < 4.78 is 0. The third kappa shape index (κ3) is 4.43. The molecule has 0 amide bonds. The Hall–Kier alpha value is 0.400. The Balaban J connectivity index is 2.05. The van der Waals surface area contributed by atoms with Gasteiger partial charge in [0.1, 0.15) is 0 Å². The van der Waals surface area contributed by atoms with E-state index in [2.05, 4.69) is 27.8 Å².